The molecule has 1 amide bonds. The van der Waals surface area contributed by atoms with Crippen LogP contribution in [0.4, 0.5) is 0 Å². The zero-order valence-electron chi connectivity index (χ0n) is 9.58. The van der Waals surface area contributed by atoms with Crippen LogP contribution in [0, 0.1) is 5.92 Å². The van der Waals surface area contributed by atoms with Crippen LogP contribution in [0.3, 0.4) is 0 Å². The van der Waals surface area contributed by atoms with Crippen LogP contribution in [0.2, 0.25) is 0 Å². The molecular formula is C12H18N2OS. The Bertz CT molecular complexity index is 358. The Balaban J connectivity index is 1.75. The Hall–Kier alpha value is -0.870. The minimum absolute atomic E-state index is 0.182. The smallest absolute Gasteiger partial charge is 0.220 e. The summed E-state index contributed by atoms with van der Waals surface area (Å²) in [5, 5.41) is 8.27. The van der Waals surface area contributed by atoms with Gasteiger partial charge in [0.05, 0.1) is 6.54 Å². The van der Waals surface area contributed by atoms with Crippen molar-refractivity contribution >= 4 is 17.2 Å². The lowest BCUT2D eigenvalue weighted by Crippen LogP contribution is -2.44. The molecule has 4 heteroatoms. The summed E-state index contributed by atoms with van der Waals surface area (Å²) >= 11 is 1.73. The van der Waals surface area contributed by atoms with Gasteiger partial charge in [-0.15, -0.1) is 11.3 Å². The van der Waals surface area contributed by atoms with E-state index in [-0.39, 0.29) is 5.91 Å². The lowest BCUT2D eigenvalue weighted by atomic mass is 9.99. The van der Waals surface area contributed by atoms with Gasteiger partial charge in [-0.3, -0.25) is 4.79 Å². The molecule has 0 aromatic carbocycles. The lowest BCUT2D eigenvalue weighted by molar-refractivity contribution is -0.122. The monoisotopic (exact) mass is 238 g/mol. The number of rotatable bonds is 5. The SMILES string of the molecule is CCc1ccsc1CNC(=O)CC1CNC1. The van der Waals surface area contributed by atoms with Crippen molar-refractivity contribution in [2.75, 3.05) is 13.1 Å². The van der Waals surface area contributed by atoms with Gasteiger partial charge in [0.15, 0.2) is 0 Å². The topological polar surface area (TPSA) is 41.1 Å². The number of hydrogen-bond donors (Lipinski definition) is 2. The standard InChI is InChI=1S/C12H18N2OS/c1-2-10-3-4-16-11(10)8-14-12(15)5-9-6-13-7-9/h3-4,9,13H,2,5-8H2,1H3,(H,14,15). The Kier molecular flexibility index (Phi) is 3.96. The van der Waals surface area contributed by atoms with Crippen molar-refractivity contribution in [3.63, 3.8) is 0 Å². The van der Waals surface area contributed by atoms with Crippen LogP contribution < -0.4 is 10.6 Å². The molecule has 1 fully saturated rings. The molecule has 0 atom stereocenters. The van der Waals surface area contributed by atoms with Gasteiger partial charge in [0.1, 0.15) is 0 Å². The predicted octanol–water partition coefficient (Wildman–Crippen LogP) is 1.54. The van der Waals surface area contributed by atoms with E-state index in [0.717, 1.165) is 19.5 Å². The van der Waals surface area contributed by atoms with Crippen LogP contribution in [0.15, 0.2) is 11.4 Å². The summed E-state index contributed by atoms with van der Waals surface area (Å²) in [6.07, 6.45) is 1.71. The number of carbonyl (C=O) groups is 1. The van der Waals surface area contributed by atoms with Crippen molar-refractivity contribution in [2.24, 2.45) is 5.92 Å². The van der Waals surface area contributed by atoms with E-state index in [1.807, 2.05) is 0 Å². The highest BCUT2D eigenvalue weighted by Crippen LogP contribution is 2.17. The summed E-state index contributed by atoms with van der Waals surface area (Å²) < 4.78 is 0. The molecule has 2 rings (SSSR count). The second-order valence-electron chi connectivity index (χ2n) is 4.23. The number of carbonyl (C=O) groups excluding carboxylic acids is 1. The van der Waals surface area contributed by atoms with E-state index in [1.165, 1.54) is 10.4 Å². The highest BCUT2D eigenvalue weighted by atomic mass is 32.1. The Morgan fingerprint density at radius 2 is 2.44 bits per heavy atom. The van der Waals surface area contributed by atoms with Gasteiger partial charge in [-0.25, -0.2) is 0 Å². The summed E-state index contributed by atoms with van der Waals surface area (Å²) in [5.41, 5.74) is 1.36. The van der Waals surface area contributed by atoms with Gasteiger partial charge in [-0.1, -0.05) is 6.92 Å². The highest BCUT2D eigenvalue weighted by Gasteiger charge is 2.19. The first kappa shape index (κ1) is 11.6. The summed E-state index contributed by atoms with van der Waals surface area (Å²) in [7, 11) is 0. The van der Waals surface area contributed by atoms with Gasteiger partial charge in [-0.2, -0.15) is 0 Å². The molecule has 1 aliphatic heterocycles. The fraction of sp³-hybridized carbons (Fsp3) is 0.583. The van der Waals surface area contributed by atoms with Crippen LogP contribution in [-0.2, 0) is 17.8 Å². The maximum atomic E-state index is 11.6. The predicted molar refractivity (Wildman–Crippen MR) is 66.5 cm³/mol. The van der Waals surface area contributed by atoms with Gasteiger partial charge in [0.25, 0.3) is 0 Å². The van der Waals surface area contributed by atoms with E-state index in [1.54, 1.807) is 11.3 Å². The van der Waals surface area contributed by atoms with Gasteiger partial charge >= 0.3 is 0 Å². The molecule has 0 bridgehead atoms. The van der Waals surface area contributed by atoms with Crippen molar-refractivity contribution in [3.8, 4) is 0 Å². The van der Waals surface area contributed by atoms with Crippen LogP contribution in [0.25, 0.3) is 0 Å². The second kappa shape index (κ2) is 5.46. The van der Waals surface area contributed by atoms with E-state index in [4.69, 9.17) is 0 Å². The number of amides is 1. The first-order valence-electron chi connectivity index (χ1n) is 5.82. The quantitative estimate of drug-likeness (QED) is 0.817. The molecule has 0 spiro atoms. The van der Waals surface area contributed by atoms with Gasteiger partial charge < -0.3 is 10.6 Å². The molecule has 0 aliphatic carbocycles. The second-order valence-corrected chi connectivity index (χ2v) is 5.23. The molecule has 1 aromatic rings. The lowest BCUT2D eigenvalue weighted by Gasteiger charge is -2.26. The summed E-state index contributed by atoms with van der Waals surface area (Å²) in [6, 6.07) is 2.14. The third kappa shape index (κ3) is 2.83. The minimum atomic E-state index is 0.182. The normalized spacial score (nSPS) is 15.8. The van der Waals surface area contributed by atoms with Crippen molar-refractivity contribution in [2.45, 2.75) is 26.3 Å². The zero-order valence-corrected chi connectivity index (χ0v) is 10.4. The van der Waals surface area contributed by atoms with Crippen LogP contribution in [0.1, 0.15) is 23.8 Å². The minimum Gasteiger partial charge on any atom is -0.351 e. The number of nitrogens with one attached hydrogen (secondary N) is 2. The van der Waals surface area contributed by atoms with Crippen LogP contribution in [0.5, 0.6) is 0 Å². The molecule has 1 aromatic heterocycles. The largest absolute Gasteiger partial charge is 0.351 e. The van der Waals surface area contributed by atoms with Crippen molar-refractivity contribution in [1.82, 2.24) is 10.6 Å². The van der Waals surface area contributed by atoms with Gasteiger partial charge in [0.2, 0.25) is 5.91 Å². The third-order valence-electron chi connectivity index (χ3n) is 3.00. The van der Waals surface area contributed by atoms with E-state index in [9.17, 15) is 4.79 Å². The molecule has 0 radical (unpaired) electrons. The molecule has 0 saturated carbocycles. The van der Waals surface area contributed by atoms with Crippen LogP contribution in [-0.4, -0.2) is 19.0 Å². The van der Waals surface area contributed by atoms with Crippen molar-refractivity contribution in [1.29, 1.82) is 0 Å². The molecule has 0 unspecified atom stereocenters. The van der Waals surface area contributed by atoms with Crippen LogP contribution >= 0.6 is 11.3 Å². The van der Waals surface area contributed by atoms with E-state index in [0.29, 0.717) is 18.9 Å². The average molecular weight is 238 g/mol. The fourth-order valence-corrected chi connectivity index (χ4v) is 2.76. The molecule has 16 heavy (non-hydrogen) atoms. The molecular weight excluding hydrogens is 220 g/mol. The first-order valence-corrected chi connectivity index (χ1v) is 6.70. The van der Waals surface area contributed by atoms with Gasteiger partial charge in [0, 0.05) is 11.3 Å². The Labute approximate surface area is 100 Å². The summed E-state index contributed by atoms with van der Waals surface area (Å²) in [6.45, 7) is 4.83. The van der Waals surface area contributed by atoms with Gasteiger partial charge in [-0.05, 0) is 42.4 Å². The molecule has 2 heterocycles. The van der Waals surface area contributed by atoms with E-state index < -0.39 is 0 Å². The summed E-state index contributed by atoms with van der Waals surface area (Å²) in [4.78, 5) is 12.9. The highest BCUT2D eigenvalue weighted by molar-refractivity contribution is 7.10. The maximum absolute atomic E-state index is 11.6. The number of hydrogen-bond acceptors (Lipinski definition) is 3. The number of thiophene rings is 1. The molecule has 2 N–H and O–H groups in total. The molecule has 1 saturated heterocycles. The first-order chi connectivity index (χ1) is 7.79. The summed E-state index contributed by atoms with van der Waals surface area (Å²) in [5.74, 6) is 0.732. The van der Waals surface area contributed by atoms with Crippen molar-refractivity contribution in [3.05, 3.63) is 21.9 Å². The molecule has 88 valence electrons. The maximum Gasteiger partial charge on any atom is 0.220 e. The fourth-order valence-electron chi connectivity index (χ4n) is 1.84. The Morgan fingerprint density at radius 1 is 1.62 bits per heavy atom. The van der Waals surface area contributed by atoms with E-state index in [2.05, 4.69) is 29.0 Å². The molecule has 3 nitrogen and oxygen atoms in total. The molecule has 1 aliphatic rings. The number of aryl methyl sites for hydroxylation is 1. The Morgan fingerprint density at radius 3 is 3.06 bits per heavy atom. The van der Waals surface area contributed by atoms with Crippen molar-refractivity contribution < 1.29 is 4.79 Å². The third-order valence-corrected chi connectivity index (χ3v) is 3.97. The average Bonchev–Trinajstić information content (AvgIpc) is 2.68. The van der Waals surface area contributed by atoms with E-state index >= 15 is 0 Å². The zero-order chi connectivity index (χ0) is 11.4.